The molecule has 0 N–H and O–H groups in total. The lowest BCUT2D eigenvalue weighted by atomic mass is 10.1. The Morgan fingerprint density at radius 3 is 2.63 bits per heavy atom. The molecule has 1 aliphatic heterocycles. The van der Waals surface area contributed by atoms with Gasteiger partial charge in [-0.1, -0.05) is 0 Å². The van der Waals surface area contributed by atoms with Crippen molar-refractivity contribution in [3.63, 3.8) is 0 Å². The first kappa shape index (κ1) is 18.6. The topological polar surface area (TPSA) is 59.7 Å². The standard InChI is InChI=1S/C23H21FN6/c1-16-18(13-27-30(16)21-4-2-20(24)3-5-21)14-29-11-8-22-19(15-29)12-26-23(28-22)17-6-9-25-10-7-17/h2-7,9-10,12-13H,8,11,14-15H2,1H3. The van der Waals surface area contributed by atoms with E-state index in [4.69, 9.17) is 4.98 Å². The third kappa shape index (κ3) is 3.59. The Balaban J connectivity index is 1.32. The average Bonchev–Trinajstić information content (AvgIpc) is 3.14. The van der Waals surface area contributed by atoms with Crippen LogP contribution in [-0.4, -0.2) is 36.2 Å². The average molecular weight is 400 g/mol. The van der Waals surface area contributed by atoms with E-state index < -0.39 is 0 Å². The zero-order valence-electron chi connectivity index (χ0n) is 16.7. The number of nitrogens with zero attached hydrogens (tertiary/aromatic N) is 6. The van der Waals surface area contributed by atoms with Gasteiger partial charge in [0.15, 0.2) is 5.82 Å². The molecule has 150 valence electrons. The summed E-state index contributed by atoms with van der Waals surface area (Å²) in [6, 6.07) is 10.3. The molecule has 30 heavy (non-hydrogen) atoms. The summed E-state index contributed by atoms with van der Waals surface area (Å²) < 4.78 is 15.1. The summed E-state index contributed by atoms with van der Waals surface area (Å²) in [6.45, 7) is 4.60. The van der Waals surface area contributed by atoms with Gasteiger partial charge in [-0.3, -0.25) is 9.88 Å². The van der Waals surface area contributed by atoms with Gasteiger partial charge in [-0.25, -0.2) is 19.0 Å². The second-order valence-corrected chi connectivity index (χ2v) is 7.51. The van der Waals surface area contributed by atoms with Gasteiger partial charge in [-0.15, -0.1) is 0 Å². The number of aromatic nitrogens is 5. The predicted molar refractivity (Wildman–Crippen MR) is 111 cm³/mol. The zero-order chi connectivity index (χ0) is 20.5. The van der Waals surface area contributed by atoms with Crippen molar-refractivity contribution < 1.29 is 4.39 Å². The largest absolute Gasteiger partial charge is 0.294 e. The van der Waals surface area contributed by atoms with Crippen LogP contribution in [0.25, 0.3) is 17.1 Å². The number of hydrogen-bond donors (Lipinski definition) is 0. The number of rotatable bonds is 4. The second-order valence-electron chi connectivity index (χ2n) is 7.51. The van der Waals surface area contributed by atoms with E-state index in [9.17, 15) is 4.39 Å². The van der Waals surface area contributed by atoms with Crippen molar-refractivity contribution in [1.29, 1.82) is 0 Å². The minimum absolute atomic E-state index is 0.245. The Bertz CT molecular complexity index is 1170. The van der Waals surface area contributed by atoms with Crippen LogP contribution in [0.3, 0.4) is 0 Å². The minimum atomic E-state index is -0.245. The highest BCUT2D eigenvalue weighted by atomic mass is 19.1. The van der Waals surface area contributed by atoms with E-state index in [-0.39, 0.29) is 5.82 Å². The summed E-state index contributed by atoms with van der Waals surface area (Å²) in [5.74, 6) is 0.506. The van der Waals surface area contributed by atoms with Crippen LogP contribution >= 0.6 is 0 Å². The monoisotopic (exact) mass is 400 g/mol. The van der Waals surface area contributed by atoms with Gasteiger partial charge in [0.2, 0.25) is 0 Å². The molecule has 0 aliphatic carbocycles. The smallest absolute Gasteiger partial charge is 0.159 e. The molecule has 0 bridgehead atoms. The van der Waals surface area contributed by atoms with E-state index >= 15 is 0 Å². The molecular weight excluding hydrogens is 379 g/mol. The fraction of sp³-hybridized carbons (Fsp3) is 0.217. The van der Waals surface area contributed by atoms with Crippen molar-refractivity contribution >= 4 is 0 Å². The summed E-state index contributed by atoms with van der Waals surface area (Å²) in [7, 11) is 0. The Kier molecular flexibility index (Phi) is 4.80. The Morgan fingerprint density at radius 1 is 1.03 bits per heavy atom. The molecule has 0 saturated heterocycles. The lowest BCUT2D eigenvalue weighted by Gasteiger charge is -2.28. The predicted octanol–water partition coefficient (Wildman–Crippen LogP) is 3.73. The van der Waals surface area contributed by atoms with E-state index in [1.165, 1.54) is 17.7 Å². The third-order valence-corrected chi connectivity index (χ3v) is 5.53. The summed E-state index contributed by atoms with van der Waals surface area (Å²) in [6.07, 6.45) is 8.25. The third-order valence-electron chi connectivity index (χ3n) is 5.53. The highest BCUT2D eigenvalue weighted by molar-refractivity contribution is 5.54. The van der Waals surface area contributed by atoms with Crippen molar-refractivity contribution in [2.24, 2.45) is 0 Å². The molecule has 0 atom stereocenters. The SMILES string of the molecule is Cc1c(CN2CCc3nc(-c4ccncc4)ncc3C2)cnn1-c1ccc(F)cc1. The van der Waals surface area contributed by atoms with E-state index in [0.717, 1.165) is 60.1 Å². The second kappa shape index (κ2) is 7.76. The first-order chi connectivity index (χ1) is 14.7. The zero-order valence-corrected chi connectivity index (χ0v) is 16.7. The maximum atomic E-state index is 13.2. The van der Waals surface area contributed by atoms with Crippen LogP contribution in [-0.2, 0) is 19.5 Å². The van der Waals surface area contributed by atoms with E-state index in [1.807, 2.05) is 36.1 Å². The molecule has 7 heteroatoms. The molecule has 4 heterocycles. The van der Waals surface area contributed by atoms with E-state index in [1.54, 1.807) is 24.5 Å². The summed E-state index contributed by atoms with van der Waals surface area (Å²) in [5, 5.41) is 4.51. The van der Waals surface area contributed by atoms with Gasteiger partial charge < -0.3 is 0 Å². The number of benzene rings is 1. The number of fused-ring (bicyclic) bond motifs is 1. The quantitative estimate of drug-likeness (QED) is 0.522. The van der Waals surface area contributed by atoms with Gasteiger partial charge in [0, 0.05) is 67.0 Å². The fourth-order valence-electron chi connectivity index (χ4n) is 3.83. The summed E-state index contributed by atoms with van der Waals surface area (Å²) in [4.78, 5) is 15.8. The van der Waals surface area contributed by atoms with Crippen molar-refractivity contribution in [3.8, 4) is 17.1 Å². The summed E-state index contributed by atoms with van der Waals surface area (Å²) in [5.41, 5.74) is 6.36. The molecule has 0 unspecified atom stereocenters. The van der Waals surface area contributed by atoms with Crippen LogP contribution in [0.15, 0.2) is 61.2 Å². The lowest BCUT2D eigenvalue weighted by molar-refractivity contribution is 0.242. The van der Waals surface area contributed by atoms with Crippen LogP contribution in [0, 0.1) is 12.7 Å². The van der Waals surface area contributed by atoms with Crippen LogP contribution in [0.1, 0.15) is 22.5 Å². The normalized spacial score (nSPS) is 13.9. The van der Waals surface area contributed by atoms with Crippen molar-refractivity contribution in [1.82, 2.24) is 29.6 Å². The molecule has 0 radical (unpaired) electrons. The van der Waals surface area contributed by atoms with Gasteiger partial charge in [0.1, 0.15) is 5.82 Å². The van der Waals surface area contributed by atoms with Crippen LogP contribution in [0.4, 0.5) is 4.39 Å². The first-order valence-corrected chi connectivity index (χ1v) is 9.94. The molecular formula is C23H21FN6. The Labute approximate surface area is 174 Å². The molecule has 0 fully saturated rings. The van der Waals surface area contributed by atoms with Crippen molar-refractivity contribution in [3.05, 3.63) is 89.5 Å². The van der Waals surface area contributed by atoms with Crippen LogP contribution < -0.4 is 0 Å². The molecule has 5 rings (SSSR count). The van der Waals surface area contributed by atoms with Gasteiger partial charge in [0.25, 0.3) is 0 Å². The number of halogens is 1. The van der Waals surface area contributed by atoms with Gasteiger partial charge in [-0.2, -0.15) is 5.10 Å². The van der Waals surface area contributed by atoms with Crippen LogP contribution in [0.5, 0.6) is 0 Å². The first-order valence-electron chi connectivity index (χ1n) is 9.94. The van der Waals surface area contributed by atoms with Gasteiger partial charge in [0.05, 0.1) is 17.6 Å². The maximum Gasteiger partial charge on any atom is 0.159 e. The Morgan fingerprint density at radius 2 is 1.83 bits per heavy atom. The van der Waals surface area contributed by atoms with Crippen molar-refractivity contribution in [2.45, 2.75) is 26.4 Å². The molecule has 0 amide bonds. The molecule has 3 aromatic heterocycles. The Hall–Kier alpha value is -3.45. The molecule has 0 spiro atoms. The van der Waals surface area contributed by atoms with Gasteiger partial charge >= 0.3 is 0 Å². The van der Waals surface area contributed by atoms with E-state index in [0.29, 0.717) is 0 Å². The maximum absolute atomic E-state index is 13.2. The van der Waals surface area contributed by atoms with E-state index in [2.05, 4.69) is 20.0 Å². The molecule has 6 nitrogen and oxygen atoms in total. The molecule has 1 aliphatic rings. The molecule has 4 aromatic rings. The lowest BCUT2D eigenvalue weighted by Crippen LogP contribution is -2.31. The highest BCUT2D eigenvalue weighted by Crippen LogP contribution is 2.23. The minimum Gasteiger partial charge on any atom is -0.294 e. The molecule has 1 aromatic carbocycles. The number of hydrogen-bond acceptors (Lipinski definition) is 5. The summed E-state index contributed by atoms with van der Waals surface area (Å²) >= 11 is 0. The van der Waals surface area contributed by atoms with Crippen LogP contribution in [0.2, 0.25) is 0 Å². The van der Waals surface area contributed by atoms with Gasteiger partial charge in [-0.05, 0) is 43.3 Å². The fourth-order valence-corrected chi connectivity index (χ4v) is 3.83. The number of pyridine rings is 1. The highest BCUT2D eigenvalue weighted by Gasteiger charge is 2.20. The molecule has 0 saturated carbocycles. The van der Waals surface area contributed by atoms with Crippen molar-refractivity contribution in [2.75, 3.05) is 6.54 Å².